The van der Waals surface area contributed by atoms with Crippen LogP contribution in [0.1, 0.15) is 31.3 Å². The molecule has 0 spiro atoms. The van der Waals surface area contributed by atoms with Crippen LogP contribution in [0.4, 0.5) is 5.13 Å². The molecule has 1 aromatic heterocycles. The standard InChI is InChI=1S/C13H17ClN4O2S2/c1-8(2)7-11(12-16-17-13(15)21-12)18-22(19,20)10-5-3-9(14)4-6-10/h3-6,8,11,18H,7H2,1-2H3,(H2,15,17). The molecule has 0 aliphatic carbocycles. The fourth-order valence-corrected chi connectivity index (χ4v) is 4.02. The summed E-state index contributed by atoms with van der Waals surface area (Å²) >= 11 is 6.97. The molecule has 0 aliphatic rings. The molecule has 2 rings (SSSR count). The normalized spacial score (nSPS) is 13.5. The molecule has 3 N–H and O–H groups in total. The van der Waals surface area contributed by atoms with Crippen molar-refractivity contribution in [2.75, 3.05) is 5.73 Å². The van der Waals surface area contributed by atoms with Crippen molar-refractivity contribution in [3.8, 4) is 0 Å². The summed E-state index contributed by atoms with van der Waals surface area (Å²) in [5, 5.41) is 9.06. The molecule has 2 aromatic rings. The quantitative estimate of drug-likeness (QED) is 0.825. The van der Waals surface area contributed by atoms with Gasteiger partial charge in [-0.15, -0.1) is 10.2 Å². The Morgan fingerprint density at radius 3 is 2.41 bits per heavy atom. The molecule has 22 heavy (non-hydrogen) atoms. The number of nitrogens with two attached hydrogens (primary N) is 1. The summed E-state index contributed by atoms with van der Waals surface area (Å²) in [5.41, 5.74) is 5.59. The van der Waals surface area contributed by atoms with E-state index >= 15 is 0 Å². The molecule has 9 heteroatoms. The number of nitrogens with zero attached hydrogens (tertiary/aromatic N) is 2. The fourth-order valence-electron chi connectivity index (χ4n) is 1.93. The summed E-state index contributed by atoms with van der Waals surface area (Å²) in [6, 6.07) is 5.54. The highest BCUT2D eigenvalue weighted by Gasteiger charge is 2.25. The Kier molecular flexibility index (Phi) is 5.38. The Morgan fingerprint density at radius 1 is 1.27 bits per heavy atom. The van der Waals surface area contributed by atoms with Crippen LogP contribution in [0.5, 0.6) is 0 Å². The van der Waals surface area contributed by atoms with Gasteiger partial charge >= 0.3 is 0 Å². The second kappa shape index (κ2) is 6.91. The monoisotopic (exact) mass is 360 g/mol. The first kappa shape index (κ1) is 17.1. The topological polar surface area (TPSA) is 98.0 Å². The van der Waals surface area contributed by atoms with E-state index in [9.17, 15) is 8.42 Å². The van der Waals surface area contributed by atoms with E-state index in [0.717, 1.165) is 0 Å². The van der Waals surface area contributed by atoms with E-state index in [4.69, 9.17) is 17.3 Å². The molecule has 1 aromatic carbocycles. The van der Waals surface area contributed by atoms with E-state index in [1.807, 2.05) is 13.8 Å². The number of sulfonamides is 1. The van der Waals surface area contributed by atoms with Crippen molar-refractivity contribution in [1.29, 1.82) is 0 Å². The Bertz CT molecular complexity index is 729. The molecule has 0 aliphatic heterocycles. The number of nitrogens with one attached hydrogen (secondary N) is 1. The fraction of sp³-hybridized carbons (Fsp3) is 0.385. The van der Waals surface area contributed by atoms with Crippen LogP contribution in [0, 0.1) is 5.92 Å². The van der Waals surface area contributed by atoms with Gasteiger partial charge in [-0.25, -0.2) is 13.1 Å². The zero-order valence-electron chi connectivity index (χ0n) is 12.2. The summed E-state index contributed by atoms with van der Waals surface area (Å²) in [5.74, 6) is 0.281. The van der Waals surface area contributed by atoms with Crippen LogP contribution in [0.2, 0.25) is 5.02 Å². The first-order valence-corrected chi connectivity index (χ1v) is 9.32. The van der Waals surface area contributed by atoms with Crippen LogP contribution in [0.25, 0.3) is 0 Å². The number of rotatable bonds is 6. The number of halogens is 1. The zero-order chi connectivity index (χ0) is 16.3. The number of anilines is 1. The maximum Gasteiger partial charge on any atom is 0.241 e. The van der Waals surface area contributed by atoms with Gasteiger partial charge in [0.05, 0.1) is 10.9 Å². The molecule has 1 heterocycles. The van der Waals surface area contributed by atoms with Crippen molar-refractivity contribution < 1.29 is 8.42 Å². The molecule has 0 fully saturated rings. The van der Waals surface area contributed by atoms with Crippen molar-refractivity contribution in [2.24, 2.45) is 5.92 Å². The molecule has 6 nitrogen and oxygen atoms in total. The molecule has 0 saturated carbocycles. The molecule has 1 atom stereocenters. The Balaban J connectivity index is 2.27. The van der Waals surface area contributed by atoms with Gasteiger partial charge in [0.25, 0.3) is 0 Å². The van der Waals surface area contributed by atoms with Crippen LogP contribution < -0.4 is 10.5 Å². The highest BCUT2D eigenvalue weighted by atomic mass is 35.5. The molecule has 0 amide bonds. The average Bonchev–Trinajstić information content (AvgIpc) is 2.84. The molecule has 0 radical (unpaired) electrons. The minimum Gasteiger partial charge on any atom is -0.374 e. The van der Waals surface area contributed by atoms with Gasteiger partial charge in [0.15, 0.2) is 0 Å². The van der Waals surface area contributed by atoms with E-state index in [-0.39, 0.29) is 10.8 Å². The van der Waals surface area contributed by atoms with E-state index in [1.54, 1.807) is 0 Å². The minimum absolute atomic E-state index is 0.156. The first-order valence-electron chi connectivity index (χ1n) is 6.64. The van der Waals surface area contributed by atoms with E-state index in [1.165, 1.54) is 35.6 Å². The summed E-state index contributed by atoms with van der Waals surface area (Å²) < 4.78 is 27.6. The third-order valence-electron chi connectivity index (χ3n) is 2.88. The lowest BCUT2D eigenvalue weighted by Crippen LogP contribution is -2.29. The second-order valence-corrected chi connectivity index (χ2v) is 8.43. The van der Waals surface area contributed by atoms with Crippen LogP contribution in [0.15, 0.2) is 29.2 Å². The number of aromatic nitrogens is 2. The lowest BCUT2D eigenvalue weighted by atomic mass is 10.1. The summed E-state index contributed by atoms with van der Waals surface area (Å²) in [6.45, 7) is 4.02. The molecule has 0 bridgehead atoms. The second-order valence-electron chi connectivity index (χ2n) is 5.24. The highest BCUT2D eigenvalue weighted by Crippen LogP contribution is 2.27. The van der Waals surface area contributed by atoms with Crippen LogP contribution >= 0.6 is 22.9 Å². The molecular formula is C13H17ClN4O2S2. The van der Waals surface area contributed by atoms with E-state index in [0.29, 0.717) is 21.6 Å². The third kappa shape index (κ3) is 4.39. The Hall–Kier alpha value is -1.22. The highest BCUT2D eigenvalue weighted by molar-refractivity contribution is 7.89. The SMILES string of the molecule is CC(C)CC(NS(=O)(=O)c1ccc(Cl)cc1)c1nnc(N)s1. The smallest absolute Gasteiger partial charge is 0.241 e. The van der Waals surface area contributed by atoms with Crippen molar-refractivity contribution in [2.45, 2.75) is 31.2 Å². The van der Waals surface area contributed by atoms with Crippen molar-refractivity contribution in [3.05, 3.63) is 34.3 Å². The largest absolute Gasteiger partial charge is 0.374 e. The van der Waals surface area contributed by atoms with Gasteiger partial charge in [0.1, 0.15) is 5.01 Å². The van der Waals surface area contributed by atoms with Crippen molar-refractivity contribution >= 4 is 38.1 Å². The molecule has 1 unspecified atom stereocenters. The zero-order valence-corrected chi connectivity index (χ0v) is 14.5. The minimum atomic E-state index is -3.67. The summed E-state index contributed by atoms with van der Waals surface area (Å²) in [4.78, 5) is 0.156. The van der Waals surface area contributed by atoms with Gasteiger partial charge in [-0.3, -0.25) is 0 Å². The summed E-state index contributed by atoms with van der Waals surface area (Å²) in [7, 11) is -3.67. The number of benzene rings is 1. The molecule has 120 valence electrons. The predicted molar refractivity (Wildman–Crippen MR) is 88.3 cm³/mol. The predicted octanol–water partition coefficient (Wildman–Crippen LogP) is 2.84. The van der Waals surface area contributed by atoms with Crippen LogP contribution in [-0.4, -0.2) is 18.6 Å². The molecule has 0 saturated heterocycles. The van der Waals surface area contributed by atoms with E-state index in [2.05, 4.69) is 14.9 Å². The number of hydrogen-bond donors (Lipinski definition) is 2. The van der Waals surface area contributed by atoms with Gasteiger partial charge in [-0.1, -0.05) is 36.8 Å². The first-order chi connectivity index (χ1) is 10.3. The molecular weight excluding hydrogens is 344 g/mol. The van der Waals surface area contributed by atoms with Crippen molar-refractivity contribution in [1.82, 2.24) is 14.9 Å². The lowest BCUT2D eigenvalue weighted by molar-refractivity contribution is 0.469. The average molecular weight is 361 g/mol. The lowest BCUT2D eigenvalue weighted by Gasteiger charge is -2.18. The maximum atomic E-state index is 12.5. The van der Waals surface area contributed by atoms with Gasteiger partial charge in [-0.05, 0) is 36.6 Å². The van der Waals surface area contributed by atoms with Gasteiger partial charge in [0, 0.05) is 5.02 Å². The number of hydrogen-bond acceptors (Lipinski definition) is 6. The van der Waals surface area contributed by atoms with E-state index < -0.39 is 16.1 Å². The summed E-state index contributed by atoms with van der Waals surface area (Å²) in [6.07, 6.45) is 0.599. The number of nitrogen functional groups attached to an aromatic ring is 1. The van der Waals surface area contributed by atoms with Gasteiger partial charge in [-0.2, -0.15) is 0 Å². The van der Waals surface area contributed by atoms with Crippen molar-refractivity contribution in [3.63, 3.8) is 0 Å². The van der Waals surface area contributed by atoms with Gasteiger partial charge < -0.3 is 5.73 Å². The third-order valence-corrected chi connectivity index (χ3v) is 5.49. The Morgan fingerprint density at radius 2 is 1.91 bits per heavy atom. The van der Waals surface area contributed by atoms with Crippen LogP contribution in [0.3, 0.4) is 0 Å². The Labute approximate surface area is 138 Å². The maximum absolute atomic E-state index is 12.5. The van der Waals surface area contributed by atoms with Gasteiger partial charge in [0.2, 0.25) is 15.2 Å². The van der Waals surface area contributed by atoms with Crippen LogP contribution in [-0.2, 0) is 10.0 Å².